The summed E-state index contributed by atoms with van der Waals surface area (Å²) in [7, 11) is 1.67. The third-order valence-corrected chi connectivity index (χ3v) is 2.71. The van der Waals surface area contributed by atoms with Gasteiger partial charge in [0, 0.05) is 0 Å². The molecule has 0 saturated heterocycles. The van der Waals surface area contributed by atoms with Gasteiger partial charge in [-0.2, -0.15) is 12.6 Å². The van der Waals surface area contributed by atoms with Crippen molar-refractivity contribution in [3.8, 4) is 5.75 Å². The van der Waals surface area contributed by atoms with Crippen LogP contribution in [0, 0.1) is 0 Å². The molecule has 0 fully saturated rings. The van der Waals surface area contributed by atoms with Crippen LogP contribution < -0.4 is 10.5 Å². The van der Waals surface area contributed by atoms with Gasteiger partial charge in [-0.1, -0.05) is 18.2 Å². The molecule has 2 rings (SSSR count). The summed E-state index contributed by atoms with van der Waals surface area (Å²) in [6.45, 7) is 0. The van der Waals surface area contributed by atoms with Crippen molar-refractivity contribution in [1.29, 1.82) is 0 Å². The SMILES string of the molecule is COc1ccc2cc(C(N)S)ccc2c1. The molecule has 0 bridgehead atoms. The van der Waals surface area contributed by atoms with E-state index >= 15 is 0 Å². The molecule has 0 saturated carbocycles. The molecule has 15 heavy (non-hydrogen) atoms. The fraction of sp³-hybridized carbons (Fsp3) is 0.167. The van der Waals surface area contributed by atoms with Crippen molar-refractivity contribution in [2.45, 2.75) is 5.37 Å². The van der Waals surface area contributed by atoms with Gasteiger partial charge in [-0.3, -0.25) is 0 Å². The third-order valence-electron chi connectivity index (χ3n) is 2.41. The monoisotopic (exact) mass is 219 g/mol. The number of thiol groups is 1. The van der Waals surface area contributed by atoms with Gasteiger partial charge in [-0.25, -0.2) is 0 Å². The molecular formula is C12H13NOS. The van der Waals surface area contributed by atoms with Gasteiger partial charge in [0.1, 0.15) is 5.75 Å². The number of hydrogen-bond acceptors (Lipinski definition) is 3. The first kappa shape index (κ1) is 10.3. The summed E-state index contributed by atoms with van der Waals surface area (Å²) >= 11 is 4.20. The highest BCUT2D eigenvalue weighted by atomic mass is 32.1. The average molecular weight is 219 g/mol. The van der Waals surface area contributed by atoms with Crippen molar-refractivity contribution >= 4 is 23.4 Å². The van der Waals surface area contributed by atoms with E-state index in [1.165, 1.54) is 0 Å². The van der Waals surface area contributed by atoms with Gasteiger partial charge in [0.25, 0.3) is 0 Å². The fourth-order valence-electron chi connectivity index (χ4n) is 1.55. The average Bonchev–Trinajstić information content (AvgIpc) is 2.27. The van der Waals surface area contributed by atoms with Gasteiger partial charge in [0.05, 0.1) is 12.5 Å². The van der Waals surface area contributed by atoms with Crippen molar-refractivity contribution in [2.75, 3.05) is 7.11 Å². The first-order chi connectivity index (χ1) is 7.20. The highest BCUT2D eigenvalue weighted by Gasteiger charge is 2.02. The van der Waals surface area contributed by atoms with Crippen LogP contribution in [0.1, 0.15) is 10.9 Å². The van der Waals surface area contributed by atoms with Crippen LogP contribution in [0.5, 0.6) is 5.75 Å². The molecule has 0 spiro atoms. The lowest BCUT2D eigenvalue weighted by molar-refractivity contribution is 0.415. The molecule has 0 aliphatic rings. The molecule has 0 amide bonds. The van der Waals surface area contributed by atoms with E-state index < -0.39 is 0 Å². The Morgan fingerprint density at radius 1 is 1.13 bits per heavy atom. The number of fused-ring (bicyclic) bond motifs is 1. The van der Waals surface area contributed by atoms with E-state index in [0.717, 1.165) is 22.1 Å². The van der Waals surface area contributed by atoms with Crippen LogP contribution in [0.3, 0.4) is 0 Å². The zero-order valence-electron chi connectivity index (χ0n) is 8.47. The van der Waals surface area contributed by atoms with E-state index in [-0.39, 0.29) is 5.37 Å². The lowest BCUT2D eigenvalue weighted by Crippen LogP contribution is -2.01. The Kier molecular flexibility index (Phi) is 2.84. The largest absolute Gasteiger partial charge is 0.497 e. The first-order valence-corrected chi connectivity index (χ1v) is 5.24. The molecule has 0 aliphatic carbocycles. The van der Waals surface area contributed by atoms with Gasteiger partial charge in [0.15, 0.2) is 0 Å². The van der Waals surface area contributed by atoms with E-state index in [0.29, 0.717) is 0 Å². The Morgan fingerprint density at radius 2 is 1.80 bits per heavy atom. The molecule has 3 heteroatoms. The van der Waals surface area contributed by atoms with Crippen molar-refractivity contribution in [3.05, 3.63) is 42.0 Å². The third kappa shape index (κ3) is 2.08. The lowest BCUT2D eigenvalue weighted by atomic mass is 10.1. The van der Waals surface area contributed by atoms with Gasteiger partial charge in [0.2, 0.25) is 0 Å². The van der Waals surface area contributed by atoms with Crippen LogP contribution in [0.25, 0.3) is 10.8 Å². The van der Waals surface area contributed by atoms with Gasteiger partial charge in [-0.05, 0) is 34.5 Å². The number of ether oxygens (including phenoxy) is 1. The van der Waals surface area contributed by atoms with Gasteiger partial charge >= 0.3 is 0 Å². The Morgan fingerprint density at radius 3 is 2.47 bits per heavy atom. The van der Waals surface area contributed by atoms with Crippen LogP contribution in [-0.4, -0.2) is 7.11 Å². The highest BCUT2D eigenvalue weighted by Crippen LogP contribution is 2.24. The van der Waals surface area contributed by atoms with E-state index in [2.05, 4.69) is 12.6 Å². The van der Waals surface area contributed by atoms with E-state index in [9.17, 15) is 0 Å². The van der Waals surface area contributed by atoms with Crippen LogP contribution in [0.2, 0.25) is 0 Å². The summed E-state index contributed by atoms with van der Waals surface area (Å²) in [5.41, 5.74) is 6.72. The predicted molar refractivity (Wildman–Crippen MR) is 66.4 cm³/mol. The van der Waals surface area contributed by atoms with Gasteiger partial charge < -0.3 is 10.5 Å². The Labute approximate surface area is 94.5 Å². The standard InChI is InChI=1S/C12H13NOS/c1-14-11-5-4-8-6-10(12(13)15)3-2-9(8)7-11/h2-7,12,15H,13H2,1H3. The molecule has 0 heterocycles. The summed E-state index contributed by atoms with van der Waals surface area (Å²) in [6.07, 6.45) is 0. The minimum Gasteiger partial charge on any atom is -0.497 e. The summed E-state index contributed by atoms with van der Waals surface area (Å²) in [4.78, 5) is 0. The maximum Gasteiger partial charge on any atom is 0.119 e. The number of hydrogen-bond donors (Lipinski definition) is 2. The van der Waals surface area contributed by atoms with E-state index in [1.807, 2.05) is 36.4 Å². The zero-order valence-corrected chi connectivity index (χ0v) is 9.37. The van der Waals surface area contributed by atoms with Crippen LogP contribution >= 0.6 is 12.6 Å². The van der Waals surface area contributed by atoms with Crippen molar-refractivity contribution in [1.82, 2.24) is 0 Å². The van der Waals surface area contributed by atoms with E-state index in [1.54, 1.807) is 7.11 Å². The number of methoxy groups -OCH3 is 1. The predicted octanol–water partition coefficient (Wildman–Crippen LogP) is 2.74. The molecule has 2 aromatic rings. The second-order valence-corrected chi connectivity index (χ2v) is 3.97. The molecule has 0 aliphatic heterocycles. The highest BCUT2D eigenvalue weighted by molar-refractivity contribution is 7.80. The summed E-state index contributed by atoms with van der Waals surface area (Å²) in [5.74, 6) is 0.866. The Hall–Kier alpha value is -1.19. The maximum atomic E-state index is 5.70. The molecule has 78 valence electrons. The van der Waals surface area contributed by atoms with E-state index in [4.69, 9.17) is 10.5 Å². The summed E-state index contributed by atoms with van der Waals surface area (Å²) in [6, 6.07) is 12.0. The lowest BCUT2D eigenvalue weighted by Gasteiger charge is -2.07. The number of nitrogens with two attached hydrogens (primary N) is 1. The molecule has 0 radical (unpaired) electrons. The molecule has 2 N–H and O–H groups in total. The molecule has 2 nitrogen and oxygen atoms in total. The van der Waals surface area contributed by atoms with Crippen LogP contribution in [-0.2, 0) is 0 Å². The smallest absolute Gasteiger partial charge is 0.119 e. The quantitative estimate of drug-likeness (QED) is 0.601. The first-order valence-electron chi connectivity index (χ1n) is 4.72. The van der Waals surface area contributed by atoms with Crippen molar-refractivity contribution < 1.29 is 4.74 Å². The second kappa shape index (κ2) is 4.13. The molecular weight excluding hydrogens is 206 g/mol. The topological polar surface area (TPSA) is 35.2 Å². The fourth-order valence-corrected chi connectivity index (χ4v) is 1.71. The summed E-state index contributed by atoms with van der Waals surface area (Å²) < 4.78 is 5.16. The molecule has 1 unspecified atom stereocenters. The molecule has 0 aromatic heterocycles. The zero-order chi connectivity index (χ0) is 10.8. The van der Waals surface area contributed by atoms with Crippen LogP contribution in [0.15, 0.2) is 36.4 Å². The van der Waals surface area contributed by atoms with Crippen molar-refractivity contribution in [3.63, 3.8) is 0 Å². The summed E-state index contributed by atoms with van der Waals surface area (Å²) in [5, 5.41) is 2.07. The Balaban J connectivity index is 2.55. The minimum atomic E-state index is -0.225. The normalized spacial score (nSPS) is 12.7. The number of rotatable bonds is 2. The second-order valence-electron chi connectivity index (χ2n) is 3.42. The minimum absolute atomic E-state index is 0.225. The number of benzene rings is 2. The van der Waals surface area contributed by atoms with Crippen LogP contribution in [0.4, 0.5) is 0 Å². The molecule has 1 atom stereocenters. The van der Waals surface area contributed by atoms with Gasteiger partial charge in [-0.15, -0.1) is 0 Å². The Bertz CT molecular complexity index is 482. The maximum absolute atomic E-state index is 5.70. The molecule has 2 aromatic carbocycles. The van der Waals surface area contributed by atoms with Crippen molar-refractivity contribution in [2.24, 2.45) is 5.73 Å².